The maximum absolute atomic E-state index is 12.7. The van der Waals surface area contributed by atoms with Crippen LogP contribution in [0.25, 0.3) is 0 Å². The van der Waals surface area contributed by atoms with Gasteiger partial charge >= 0.3 is 0 Å². The second-order valence-electron chi connectivity index (χ2n) is 6.06. The number of carbonyl (C=O) groups excluding carboxylic acids is 1. The number of ether oxygens (including phenoxy) is 1. The maximum atomic E-state index is 12.7. The van der Waals surface area contributed by atoms with Gasteiger partial charge in [0.25, 0.3) is 0 Å². The highest BCUT2D eigenvalue weighted by Crippen LogP contribution is 2.24. The maximum Gasteiger partial charge on any atom is 0.229 e. The van der Waals surface area contributed by atoms with E-state index in [1.54, 1.807) is 11.8 Å². The number of rotatable bonds is 5. The average Bonchev–Trinajstić information content (AvgIpc) is 3.14. The molecule has 2 aromatic rings. The summed E-state index contributed by atoms with van der Waals surface area (Å²) in [4.78, 5) is 14.7. The van der Waals surface area contributed by atoms with E-state index in [0.29, 0.717) is 6.42 Å². The van der Waals surface area contributed by atoms with Crippen molar-refractivity contribution in [1.82, 2.24) is 14.7 Å². The van der Waals surface area contributed by atoms with Crippen LogP contribution in [0.2, 0.25) is 0 Å². The summed E-state index contributed by atoms with van der Waals surface area (Å²) in [5, 5.41) is 4.31. The Hall–Kier alpha value is -2.14. The Morgan fingerprint density at radius 2 is 2.09 bits per heavy atom. The molecule has 3 rings (SSSR count). The largest absolute Gasteiger partial charge is 0.379 e. The van der Waals surface area contributed by atoms with Gasteiger partial charge in [0.2, 0.25) is 5.91 Å². The number of aryl methyl sites for hydroxylation is 1. The molecule has 0 unspecified atom stereocenters. The second kappa shape index (κ2) is 6.96. The lowest BCUT2D eigenvalue weighted by Gasteiger charge is -2.27. The summed E-state index contributed by atoms with van der Waals surface area (Å²) in [6.07, 6.45) is 4.03. The molecule has 1 aliphatic rings. The molecule has 1 aromatic heterocycles. The van der Waals surface area contributed by atoms with E-state index in [2.05, 4.69) is 17.2 Å². The molecule has 1 aliphatic heterocycles. The van der Waals surface area contributed by atoms with Crippen molar-refractivity contribution in [1.29, 1.82) is 0 Å². The fourth-order valence-electron chi connectivity index (χ4n) is 3.32. The van der Waals surface area contributed by atoms with Crippen LogP contribution in [0.1, 0.15) is 17.7 Å². The number of aromatic nitrogens is 2. The summed E-state index contributed by atoms with van der Waals surface area (Å²) in [6.45, 7) is 0.752. The molecule has 0 saturated carbocycles. The lowest BCUT2D eigenvalue weighted by molar-refractivity contribution is -0.132. The second-order valence-corrected chi connectivity index (χ2v) is 6.06. The normalized spacial score (nSPS) is 20.9. The van der Waals surface area contributed by atoms with Crippen LogP contribution in [0.5, 0.6) is 0 Å². The lowest BCUT2D eigenvalue weighted by Crippen LogP contribution is -2.42. The summed E-state index contributed by atoms with van der Waals surface area (Å²) in [5.74, 6) is 0.129. The van der Waals surface area contributed by atoms with Gasteiger partial charge in [-0.25, -0.2) is 0 Å². The van der Waals surface area contributed by atoms with Crippen molar-refractivity contribution in [2.45, 2.75) is 31.4 Å². The average molecular weight is 313 g/mol. The van der Waals surface area contributed by atoms with Crippen LogP contribution in [0.4, 0.5) is 0 Å². The number of carbonyl (C=O) groups is 1. The van der Waals surface area contributed by atoms with Crippen molar-refractivity contribution in [2.24, 2.45) is 7.05 Å². The van der Waals surface area contributed by atoms with Crippen LogP contribution in [-0.4, -0.2) is 46.4 Å². The summed E-state index contributed by atoms with van der Waals surface area (Å²) in [7, 11) is 3.60. The van der Waals surface area contributed by atoms with Gasteiger partial charge in [0.15, 0.2) is 0 Å². The first-order chi connectivity index (χ1) is 11.2. The number of methoxy groups -OCH3 is 1. The Morgan fingerprint density at radius 1 is 1.30 bits per heavy atom. The Morgan fingerprint density at radius 3 is 2.74 bits per heavy atom. The first-order valence-electron chi connectivity index (χ1n) is 8.02. The monoisotopic (exact) mass is 313 g/mol. The zero-order valence-corrected chi connectivity index (χ0v) is 13.7. The van der Waals surface area contributed by atoms with Crippen LogP contribution in [0.15, 0.2) is 42.6 Å². The number of hydrogen-bond acceptors (Lipinski definition) is 3. The Kier molecular flexibility index (Phi) is 4.76. The molecule has 122 valence electrons. The molecular weight excluding hydrogens is 290 g/mol. The molecule has 0 spiro atoms. The van der Waals surface area contributed by atoms with Gasteiger partial charge in [0, 0.05) is 26.9 Å². The fourth-order valence-corrected chi connectivity index (χ4v) is 3.32. The molecule has 5 heteroatoms. The van der Waals surface area contributed by atoms with E-state index >= 15 is 0 Å². The first-order valence-corrected chi connectivity index (χ1v) is 8.02. The van der Waals surface area contributed by atoms with Crippen molar-refractivity contribution in [3.8, 4) is 0 Å². The van der Waals surface area contributed by atoms with Crippen LogP contribution >= 0.6 is 0 Å². The smallest absolute Gasteiger partial charge is 0.229 e. The van der Waals surface area contributed by atoms with Crippen molar-refractivity contribution >= 4 is 5.91 Å². The SMILES string of the molecule is CO[C@H]1CCN(C(=O)Cc2ccn(C)n2)[C@H]1Cc1ccccc1. The third-order valence-electron chi connectivity index (χ3n) is 4.50. The van der Waals surface area contributed by atoms with Crippen LogP contribution in [0.3, 0.4) is 0 Å². The topological polar surface area (TPSA) is 47.4 Å². The molecule has 2 atom stereocenters. The number of likely N-dealkylation sites (tertiary alicyclic amines) is 1. The molecule has 0 radical (unpaired) electrons. The molecule has 2 heterocycles. The summed E-state index contributed by atoms with van der Waals surface area (Å²) >= 11 is 0. The minimum Gasteiger partial charge on any atom is -0.379 e. The van der Waals surface area contributed by atoms with Gasteiger partial charge in [0.1, 0.15) is 0 Å². The van der Waals surface area contributed by atoms with E-state index in [1.165, 1.54) is 5.56 Å². The summed E-state index contributed by atoms with van der Waals surface area (Å²) in [5.41, 5.74) is 2.05. The predicted molar refractivity (Wildman–Crippen MR) is 88.0 cm³/mol. The van der Waals surface area contributed by atoms with Gasteiger partial charge in [-0.15, -0.1) is 0 Å². The third-order valence-corrected chi connectivity index (χ3v) is 4.50. The third kappa shape index (κ3) is 3.62. The van der Waals surface area contributed by atoms with E-state index in [0.717, 1.165) is 25.1 Å². The number of amides is 1. The number of nitrogens with zero attached hydrogens (tertiary/aromatic N) is 3. The highest BCUT2D eigenvalue weighted by molar-refractivity contribution is 5.79. The number of benzene rings is 1. The fraction of sp³-hybridized carbons (Fsp3) is 0.444. The van der Waals surface area contributed by atoms with Gasteiger partial charge in [-0.1, -0.05) is 30.3 Å². The van der Waals surface area contributed by atoms with Crippen LogP contribution < -0.4 is 0 Å². The molecule has 5 nitrogen and oxygen atoms in total. The van der Waals surface area contributed by atoms with Gasteiger partial charge in [-0.3, -0.25) is 9.48 Å². The molecule has 0 bridgehead atoms. The first kappa shape index (κ1) is 15.7. The molecule has 0 aliphatic carbocycles. The zero-order valence-electron chi connectivity index (χ0n) is 13.7. The molecule has 0 N–H and O–H groups in total. The molecule has 1 saturated heterocycles. The lowest BCUT2D eigenvalue weighted by atomic mass is 10.0. The minimum atomic E-state index is 0.0959. The van der Waals surface area contributed by atoms with E-state index in [-0.39, 0.29) is 18.1 Å². The van der Waals surface area contributed by atoms with Crippen molar-refractivity contribution < 1.29 is 9.53 Å². The quantitative estimate of drug-likeness (QED) is 0.846. The van der Waals surface area contributed by atoms with Crippen molar-refractivity contribution in [3.05, 3.63) is 53.9 Å². The molecule has 1 fully saturated rings. The zero-order chi connectivity index (χ0) is 16.2. The Balaban J connectivity index is 1.72. The minimum absolute atomic E-state index is 0.0959. The Labute approximate surface area is 136 Å². The van der Waals surface area contributed by atoms with Crippen molar-refractivity contribution in [2.75, 3.05) is 13.7 Å². The van der Waals surface area contributed by atoms with E-state index in [1.807, 2.05) is 42.4 Å². The predicted octanol–water partition coefficient (Wildman–Crippen LogP) is 1.82. The summed E-state index contributed by atoms with van der Waals surface area (Å²) in [6, 6.07) is 12.3. The van der Waals surface area contributed by atoms with Gasteiger partial charge < -0.3 is 9.64 Å². The molecular formula is C18H23N3O2. The molecule has 1 aromatic carbocycles. The highest BCUT2D eigenvalue weighted by atomic mass is 16.5. The van der Waals surface area contributed by atoms with Crippen LogP contribution in [0, 0.1) is 0 Å². The van der Waals surface area contributed by atoms with E-state index in [4.69, 9.17) is 4.74 Å². The van der Waals surface area contributed by atoms with Gasteiger partial charge in [0.05, 0.1) is 24.3 Å². The molecule has 23 heavy (non-hydrogen) atoms. The van der Waals surface area contributed by atoms with Gasteiger partial charge in [-0.05, 0) is 24.5 Å². The Bertz CT molecular complexity index is 653. The number of hydrogen-bond donors (Lipinski definition) is 0. The highest BCUT2D eigenvalue weighted by Gasteiger charge is 2.37. The van der Waals surface area contributed by atoms with E-state index in [9.17, 15) is 4.79 Å². The van der Waals surface area contributed by atoms with E-state index < -0.39 is 0 Å². The van der Waals surface area contributed by atoms with Crippen molar-refractivity contribution in [3.63, 3.8) is 0 Å². The van der Waals surface area contributed by atoms with Crippen LogP contribution in [-0.2, 0) is 29.4 Å². The molecule has 1 amide bonds. The summed E-state index contributed by atoms with van der Waals surface area (Å²) < 4.78 is 7.35. The van der Waals surface area contributed by atoms with Gasteiger partial charge in [-0.2, -0.15) is 5.10 Å². The standard InChI is InChI=1S/C18H23N3O2/c1-20-10-8-15(19-20)13-18(22)21-11-9-17(23-2)16(21)12-14-6-4-3-5-7-14/h3-8,10,16-17H,9,11-13H2,1-2H3/t16-,17-/m0/s1.